The maximum absolute atomic E-state index is 12.3. The monoisotopic (exact) mass is 328 g/mol. The first-order chi connectivity index (χ1) is 11.6. The van der Waals surface area contributed by atoms with Gasteiger partial charge in [0.1, 0.15) is 12.4 Å². The summed E-state index contributed by atoms with van der Waals surface area (Å²) >= 11 is 0. The summed E-state index contributed by atoms with van der Waals surface area (Å²) in [6, 6.07) is 10.3. The average Bonchev–Trinajstić information content (AvgIpc) is 3.23. The molecule has 0 saturated carbocycles. The van der Waals surface area contributed by atoms with Gasteiger partial charge in [0, 0.05) is 26.1 Å². The van der Waals surface area contributed by atoms with E-state index < -0.39 is 4.92 Å². The molecule has 2 heterocycles. The standard InChI is InChI=1S/C17H20N4O3/c22-17(7-9-20-13-16(11-18-20)21(23)24)19-8-6-15(12-19)10-14-4-2-1-3-5-14/h1-5,11,13,15H,6-10,12H2/t15-/m1/s1. The van der Waals surface area contributed by atoms with Crippen LogP contribution < -0.4 is 0 Å². The molecule has 1 amide bonds. The van der Waals surface area contributed by atoms with Crippen LogP contribution in [0.25, 0.3) is 0 Å². The number of aromatic nitrogens is 2. The highest BCUT2D eigenvalue weighted by Crippen LogP contribution is 2.21. The highest BCUT2D eigenvalue weighted by molar-refractivity contribution is 5.76. The number of nitro groups is 1. The molecule has 0 aliphatic carbocycles. The minimum absolute atomic E-state index is 0.0495. The molecule has 1 atom stereocenters. The third-order valence-electron chi connectivity index (χ3n) is 4.39. The predicted molar refractivity (Wildman–Crippen MR) is 88.3 cm³/mol. The van der Waals surface area contributed by atoms with Crippen LogP contribution in [0.2, 0.25) is 0 Å². The van der Waals surface area contributed by atoms with Gasteiger partial charge in [-0.25, -0.2) is 0 Å². The summed E-state index contributed by atoms with van der Waals surface area (Å²) in [5, 5.41) is 14.5. The van der Waals surface area contributed by atoms with Crippen molar-refractivity contribution in [1.29, 1.82) is 0 Å². The van der Waals surface area contributed by atoms with E-state index in [-0.39, 0.29) is 11.6 Å². The van der Waals surface area contributed by atoms with Crippen LogP contribution in [0, 0.1) is 16.0 Å². The Hall–Kier alpha value is -2.70. The highest BCUT2D eigenvalue weighted by Gasteiger charge is 2.26. The molecule has 7 nitrogen and oxygen atoms in total. The van der Waals surface area contributed by atoms with Gasteiger partial charge < -0.3 is 4.90 Å². The Morgan fingerprint density at radius 1 is 1.33 bits per heavy atom. The zero-order valence-corrected chi connectivity index (χ0v) is 13.4. The molecule has 1 aliphatic heterocycles. The summed E-state index contributed by atoms with van der Waals surface area (Å²) in [4.78, 5) is 24.3. The molecule has 0 unspecified atom stereocenters. The molecule has 24 heavy (non-hydrogen) atoms. The van der Waals surface area contributed by atoms with Crippen molar-refractivity contribution in [3.05, 3.63) is 58.4 Å². The largest absolute Gasteiger partial charge is 0.342 e. The number of benzene rings is 1. The minimum atomic E-state index is -0.486. The summed E-state index contributed by atoms with van der Waals surface area (Å²) in [5.74, 6) is 0.589. The van der Waals surface area contributed by atoms with E-state index in [1.807, 2.05) is 23.1 Å². The molecule has 3 rings (SSSR count). The van der Waals surface area contributed by atoms with Gasteiger partial charge in [-0.05, 0) is 24.3 Å². The Morgan fingerprint density at radius 3 is 2.83 bits per heavy atom. The van der Waals surface area contributed by atoms with Crippen LogP contribution in [0.3, 0.4) is 0 Å². The zero-order chi connectivity index (χ0) is 16.9. The maximum atomic E-state index is 12.3. The summed E-state index contributed by atoms with van der Waals surface area (Å²) < 4.78 is 1.45. The van der Waals surface area contributed by atoms with Crippen molar-refractivity contribution in [1.82, 2.24) is 14.7 Å². The van der Waals surface area contributed by atoms with Gasteiger partial charge in [0.05, 0.1) is 4.92 Å². The van der Waals surface area contributed by atoms with E-state index in [9.17, 15) is 14.9 Å². The Kier molecular flexibility index (Phi) is 4.88. The van der Waals surface area contributed by atoms with Crippen LogP contribution in [0.1, 0.15) is 18.4 Å². The normalized spacial score (nSPS) is 17.2. The molecule has 126 valence electrons. The summed E-state index contributed by atoms with van der Waals surface area (Å²) in [6.07, 6.45) is 4.90. The SMILES string of the molecule is O=C(CCn1cc([N+](=O)[O-])cn1)N1CC[C@H](Cc2ccccc2)C1. The number of likely N-dealkylation sites (tertiary alicyclic amines) is 1. The molecular formula is C17H20N4O3. The molecule has 1 aromatic carbocycles. The third kappa shape index (κ3) is 3.98. The first-order valence-corrected chi connectivity index (χ1v) is 8.10. The van der Waals surface area contributed by atoms with E-state index in [1.54, 1.807) is 0 Å². The maximum Gasteiger partial charge on any atom is 0.306 e. The lowest BCUT2D eigenvalue weighted by molar-refractivity contribution is -0.385. The smallest absolute Gasteiger partial charge is 0.306 e. The van der Waals surface area contributed by atoms with Gasteiger partial charge in [-0.2, -0.15) is 5.10 Å². The first-order valence-electron chi connectivity index (χ1n) is 8.10. The molecular weight excluding hydrogens is 308 g/mol. The second-order valence-electron chi connectivity index (χ2n) is 6.15. The molecule has 2 aromatic rings. The van der Waals surface area contributed by atoms with Crippen molar-refractivity contribution in [3.63, 3.8) is 0 Å². The van der Waals surface area contributed by atoms with E-state index in [0.717, 1.165) is 25.9 Å². The van der Waals surface area contributed by atoms with Gasteiger partial charge in [-0.15, -0.1) is 0 Å². The molecule has 0 spiro atoms. The van der Waals surface area contributed by atoms with E-state index in [0.29, 0.717) is 18.9 Å². The van der Waals surface area contributed by atoms with Gasteiger partial charge in [0.15, 0.2) is 0 Å². The Labute approximate surface area is 140 Å². The van der Waals surface area contributed by atoms with Crippen LogP contribution >= 0.6 is 0 Å². The van der Waals surface area contributed by atoms with Crippen LogP contribution in [-0.4, -0.2) is 38.6 Å². The molecule has 1 aliphatic rings. The molecule has 7 heteroatoms. The topological polar surface area (TPSA) is 81.3 Å². The van der Waals surface area contributed by atoms with Gasteiger partial charge in [0.2, 0.25) is 5.91 Å². The second-order valence-corrected chi connectivity index (χ2v) is 6.15. The molecule has 0 radical (unpaired) electrons. The second kappa shape index (κ2) is 7.25. The van der Waals surface area contributed by atoms with E-state index in [2.05, 4.69) is 17.2 Å². The lowest BCUT2D eigenvalue weighted by atomic mass is 9.99. The number of hydrogen-bond donors (Lipinski definition) is 0. The Balaban J connectivity index is 1.46. The van der Waals surface area contributed by atoms with Crippen LogP contribution in [0.4, 0.5) is 5.69 Å². The van der Waals surface area contributed by atoms with Gasteiger partial charge in [-0.1, -0.05) is 30.3 Å². The van der Waals surface area contributed by atoms with Gasteiger partial charge >= 0.3 is 5.69 Å². The van der Waals surface area contributed by atoms with Crippen molar-refractivity contribution in [2.75, 3.05) is 13.1 Å². The molecule has 0 bridgehead atoms. The number of aryl methyl sites for hydroxylation is 1. The van der Waals surface area contributed by atoms with Crippen molar-refractivity contribution in [2.45, 2.75) is 25.8 Å². The fraction of sp³-hybridized carbons (Fsp3) is 0.412. The Bertz CT molecular complexity index is 714. The van der Waals surface area contributed by atoms with E-state index in [1.165, 1.54) is 22.6 Å². The molecule has 1 aromatic heterocycles. The van der Waals surface area contributed by atoms with E-state index in [4.69, 9.17) is 0 Å². The molecule has 1 fully saturated rings. The fourth-order valence-electron chi connectivity index (χ4n) is 3.11. The molecule has 1 saturated heterocycles. The average molecular weight is 328 g/mol. The number of hydrogen-bond acceptors (Lipinski definition) is 4. The number of carbonyl (C=O) groups is 1. The predicted octanol–water partition coefficient (Wildman–Crippen LogP) is 2.27. The zero-order valence-electron chi connectivity index (χ0n) is 13.4. The third-order valence-corrected chi connectivity index (χ3v) is 4.39. The molecule has 0 N–H and O–H groups in total. The lowest BCUT2D eigenvalue weighted by Crippen LogP contribution is -2.29. The minimum Gasteiger partial charge on any atom is -0.342 e. The van der Waals surface area contributed by atoms with Crippen molar-refractivity contribution in [2.24, 2.45) is 5.92 Å². The highest BCUT2D eigenvalue weighted by atomic mass is 16.6. The first kappa shape index (κ1) is 16.2. The van der Waals surface area contributed by atoms with Crippen LogP contribution in [0.15, 0.2) is 42.7 Å². The fourth-order valence-corrected chi connectivity index (χ4v) is 3.11. The number of carbonyl (C=O) groups excluding carboxylic acids is 1. The Morgan fingerprint density at radius 2 is 2.12 bits per heavy atom. The van der Waals surface area contributed by atoms with Crippen LogP contribution in [-0.2, 0) is 17.8 Å². The van der Waals surface area contributed by atoms with Crippen molar-refractivity contribution >= 4 is 11.6 Å². The van der Waals surface area contributed by atoms with E-state index >= 15 is 0 Å². The van der Waals surface area contributed by atoms with Crippen LogP contribution in [0.5, 0.6) is 0 Å². The number of nitrogens with zero attached hydrogens (tertiary/aromatic N) is 4. The van der Waals surface area contributed by atoms with Crippen molar-refractivity contribution in [3.8, 4) is 0 Å². The summed E-state index contributed by atoms with van der Waals surface area (Å²) in [5.41, 5.74) is 1.26. The quantitative estimate of drug-likeness (QED) is 0.602. The summed E-state index contributed by atoms with van der Waals surface area (Å²) in [7, 11) is 0. The number of amides is 1. The number of rotatable bonds is 6. The van der Waals surface area contributed by atoms with Crippen molar-refractivity contribution < 1.29 is 9.72 Å². The van der Waals surface area contributed by atoms with Gasteiger partial charge in [-0.3, -0.25) is 19.6 Å². The lowest BCUT2D eigenvalue weighted by Gasteiger charge is -2.16. The summed E-state index contributed by atoms with van der Waals surface area (Å²) in [6.45, 7) is 1.94. The van der Waals surface area contributed by atoms with Gasteiger partial charge in [0.25, 0.3) is 0 Å².